The van der Waals surface area contributed by atoms with Crippen LogP contribution in [-0.4, -0.2) is 35.2 Å². The number of methoxy groups -OCH3 is 1. The molecule has 1 unspecified atom stereocenters. The normalized spacial score (nSPS) is 14.5. The van der Waals surface area contributed by atoms with Crippen LogP contribution in [0.25, 0.3) is 16.5 Å². The van der Waals surface area contributed by atoms with Crippen molar-refractivity contribution in [3.8, 4) is 11.5 Å². The first-order chi connectivity index (χ1) is 15.9. The van der Waals surface area contributed by atoms with Crippen molar-refractivity contribution in [2.45, 2.75) is 45.1 Å². The number of furan rings is 1. The monoisotopic (exact) mass is 449 g/mol. The summed E-state index contributed by atoms with van der Waals surface area (Å²) in [5.74, 6) is 0.0713. The van der Waals surface area contributed by atoms with Crippen LogP contribution in [-0.2, 0) is 28.9 Å². The van der Waals surface area contributed by atoms with Gasteiger partial charge in [0.25, 0.3) is 0 Å². The quantitative estimate of drug-likeness (QED) is 0.466. The number of aryl methyl sites for hydroxylation is 2. The standard InChI is InChI=1S/C26H27NO6/c1-15(11-25(29)27-21(26(30)31)12-16-7-9-17(28)10-8-16)19-13-20-18-5-3-4-6-22(18)33-24(20)14-23(19)32-2/h7-11,13-14,21,28H,3-6,12H2,1-2H3,(H,27,29)(H,30,31)/b15-11+. The van der Waals surface area contributed by atoms with Crippen LogP contribution in [0.5, 0.6) is 11.5 Å². The molecule has 0 bridgehead atoms. The van der Waals surface area contributed by atoms with Crippen LogP contribution in [0, 0.1) is 0 Å². The first-order valence-electron chi connectivity index (χ1n) is 11.0. The van der Waals surface area contributed by atoms with E-state index < -0.39 is 17.9 Å². The zero-order valence-corrected chi connectivity index (χ0v) is 18.7. The van der Waals surface area contributed by atoms with Gasteiger partial charge in [0.05, 0.1) is 7.11 Å². The van der Waals surface area contributed by atoms with Crippen LogP contribution in [0.1, 0.15) is 42.2 Å². The number of carboxylic acid groups (broad SMARTS) is 1. The van der Waals surface area contributed by atoms with Gasteiger partial charge in [0.1, 0.15) is 28.9 Å². The van der Waals surface area contributed by atoms with Gasteiger partial charge in [-0.05, 0) is 55.5 Å². The molecule has 1 amide bonds. The zero-order valence-electron chi connectivity index (χ0n) is 18.7. The number of carboxylic acids is 1. The molecular formula is C26H27NO6. The van der Waals surface area contributed by atoms with Gasteiger partial charge in [0.15, 0.2) is 0 Å². The van der Waals surface area contributed by atoms with E-state index in [0.29, 0.717) is 16.9 Å². The Balaban J connectivity index is 1.58. The Hall–Kier alpha value is -3.74. The number of aliphatic carboxylic acids is 1. The van der Waals surface area contributed by atoms with Gasteiger partial charge in [-0.3, -0.25) is 4.79 Å². The largest absolute Gasteiger partial charge is 0.508 e. The second-order valence-electron chi connectivity index (χ2n) is 8.36. The number of nitrogens with one attached hydrogen (secondary N) is 1. The fourth-order valence-electron chi connectivity index (χ4n) is 4.32. The minimum atomic E-state index is -1.13. The lowest BCUT2D eigenvalue weighted by Gasteiger charge is -2.14. The number of phenolic OH excluding ortho intramolecular Hbond substituents is 1. The maximum absolute atomic E-state index is 12.7. The third kappa shape index (κ3) is 4.87. The zero-order chi connectivity index (χ0) is 23.5. The lowest BCUT2D eigenvalue weighted by molar-refractivity contribution is -0.141. The lowest BCUT2D eigenvalue weighted by atomic mass is 9.94. The summed E-state index contributed by atoms with van der Waals surface area (Å²) in [5, 5.41) is 22.6. The molecule has 1 aliphatic carbocycles. The van der Waals surface area contributed by atoms with E-state index in [9.17, 15) is 19.8 Å². The fourth-order valence-corrected chi connectivity index (χ4v) is 4.32. The number of carbonyl (C=O) groups is 2. The molecule has 0 fully saturated rings. The van der Waals surface area contributed by atoms with Crippen molar-refractivity contribution in [3.63, 3.8) is 0 Å². The van der Waals surface area contributed by atoms with Gasteiger partial charge >= 0.3 is 5.97 Å². The minimum Gasteiger partial charge on any atom is -0.508 e. The third-order valence-corrected chi connectivity index (χ3v) is 6.04. The predicted molar refractivity (Wildman–Crippen MR) is 124 cm³/mol. The maximum Gasteiger partial charge on any atom is 0.326 e. The van der Waals surface area contributed by atoms with Crippen molar-refractivity contribution in [2.75, 3.05) is 7.11 Å². The van der Waals surface area contributed by atoms with E-state index in [1.165, 1.54) is 23.8 Å². The Morgan fingerprint density at radius 1 is 1.18 bits per heavy atom. The molecule has 172 valence electrons. The molecule has 33 heavy (non-hydrogen) atoms. The molecule has 3 N–H and O–H groups in total. The highest BCUT2D eigenvalue weighted by Gasteiger charge is 2.22. The Kier molecular flexibility index (Phi) is 6.40. The van der Waals surface area contributed by atoms with Crippen molar-refractivity contribution < 1.29 is 29.0 Å². The first kappa shape index (κ1) is 22.5. The molecule has 1 aliphatic rings. The van der Waals surface area contributed by atoms with Crippen molar-refractivity contribution in [3.05, 3.63) is 64.9 Å². The number of hydrogen-bond donors (Lipinski definition) is 3. The van der Waals surface area contributed by atoms with E-state index in [0.717, 1.165) is 48.0 Å². The Bertz CT molecular complexity index is 1220. The van der Waals surface area contributed by atoms with Gasteiger partial charge < -0.3 is 24.7 Å². The fraction of sp³-hybridized carbons (Fsp3) is 0.308. The second-order valence-corrected chi connectivity index (χ2v) is 8.36. The van der Waals surface area contributed by atoms with Crippen LogP contribution in [0.15, 0.2) is 46.9 Å². The highest BCUT2D eigenvalue weighted by molar-refractivity contribution is 5.99. The smallest absolute Gasteiger partial charge is 0.326 e. The van der Waals surface area contributed by atoms with Crippen molar-refractivity contribution in [1.29, 1.82) is 0 Å². The Labute approximate surface area is 191 Å². The summed E-state index contributed by atoms with van der Waals surface area (Å²) in [6.07, 6.45) is 5.63. The van der Waals surface area contributed by atoms with Crippen LogP contribution < -0.4 is 10.1 Å². The number of fused-ring (bicyclic) bond motifs is 3. The summed E-state index contributed by atoms with van der Waals surface area (Å²) < 4.78 is 11.6. The highest BCUT2D eigenvalue weighted by atomic mass is 16.5. The van der Waals surface area contributed by atoms with Crippen molar-refractivity contribution >= 4 is 28.4 Å². The van der Waals surface area contributed by atoms with E-state index in [1.54, 1.807) is 26.2 Å². The van der Waals surface area contributed by atoms with Gasteiger partial charge in [-0.15, -0.1) is 0 Å². The molecule has 2 aromatic carbocycles. The minimum absolute atomic E-state index is 0.0954. The average Bonchev–Trinajstić information content (AvgIpc) is 3.16. The Morgan fingerprint density at radius 3 is 2.61 bits per heavy atom. The number of ether oxygens (including phenoxy) is 1. The molecule has 0 saturated carbocycles. The van der Waals surface area contributed by atoms with Crippen LogP contribution in [0.3, 0.4) is 0 Å². The average molecular weight is 450 g/mol. The van der Waals surface area contributed by atoms with E-state index in [2.05, 4.69) is 5.32 Å². The number of amides is 1. The van der Waals surface area contributed by atoms with Gasteiger partial charge in [0.2, 0.25) is 5.91 Å². The number of hydrogen-bond acceptors (Lipinski definition) is 5. The predicted octanol–water partition coefficient (Wildman–Crippen LogP) is 4.24. The molecule has 0 saturated heterocycles. The summed E-state index contributed by atoms with van der Waals surface area (Å²) in [7, 11) is 1.57. The molecule has 7 nitrogen and oxygen atoms in total. The van der Waals surface area contributed by atoms with Gasteiger partial charge in [-0.1, -0.05) is 12.1 Å². The molecule has 0 spiro atoms. The molecule has 4 rings (SSSR count). The molecule has 1 heterocycles. The number of aromatic hydroxyl groups is 1. The van der Waals surface area contributed by atoms with Crippen molar-refractivity contribution in [1.82, 2.24) is 5.32 Å². The topological polar surface area (TPSA) is 109 Å². The Morgan fingerprint density at radius 2 is 1.91 bits per heavy atom. The van der Waals surface area contributed by atoms with Crippen molar-refractivity contribution in [2.24, 2.45) is 0 Å². The maximum atomic E-state index is 12.7. The SMILES string of the molecule is COc1cc2oc3c(c2cc1/C(C)=C/C(=O)NC(Cc1ccc(O)cc1)C(=O)O)CCCC3. The molecule has 7 heteroatoms. The molecule has 1 atom stereocenters. The molecule has 0 aliphatic heterocycles. The number of allylic oxidation sites excluding steroid dienone is 1. The lowest BCUT2D eigenvalue weighted by Crippen LogP contribution is -2.41. The second kappa shape index (κ2) is 9.40. The number of rotatable bonds is 7. The summed E-state index contributed by atoms with van der Waals surface area (Å²) in [4.78, 5) is 24.4. The van der Waals surface area contributed by atoms with Crippen LogP contribution in [0.4, 0.5) is 0 Å². The molecular weight excluding hydrogens is 422 g/mol. The van der Waals surface area contributed by atoms with Gasteiger partial charge in [-0.2, -0.15) is 0 Å². The summed E-state index contributed by atoms with van der Waals surface area (Å²) in [6, 6.07) is 8.97. The number of benzene rings is 2. The van der Waals surface area contributed by atoms with E-state index >= 15 is 0 Å². The third-order valence-electron chi connectivity index (χ3n) is 6.04. The molecule has 1 aromatic heterocycles. The van der Waals surface area contributed by atoms with Gasteiger partial charge in [-0.25, -0.2) is 4.79 Å². The molecule has 0 radical (unpaired) electrons. The summed E-state index contributed by atoms with van der Waals surface area (Å²) in [6.45, 7) is 1.80. The van der Waals surface area contributed by atoms with E-state index in [-0.39, 0.29) is 12.2 Å². The van der Waals surface area contributed by atoms with Crippen LogP contribution in [0.2, 0.25) is 0 Å². The number of carbonyl (C=O) groups excluding carboxylic acids is 1. The van der Waals surface area contributed by atoms with Gasteiger partial charge in [0, 0.05) is 41.5 Å². The van der Waals surface area contributed by atoms with E-state index in [1.807, 2.05) is 12.1 Å². The summed E-state index contributed by atoms with van der Waals surface area (Å²) in [5.41, 5.74) is 4.11. The highest BCUT2D eigenvalue weighted by Crippen LogP contribution is 2.37. The van der Waals surface area contributed by atoms with E-state index in [4.69, 9.17) is 9.15 Å². The summed E-state index contributed by atoms with van der Waals surface area (Å²) >= 11 is 0. The first-order valence-corrected chi connectivity index (χ1v) is 11.0. The van der Waals surface area contributed by atoms with Crippen LogP contribution >= 0.6 is 0 Å². The number of phenols is 1. The molecule has 3 aromatic rings.